The number of hydrogen-bond donors (Lipinski definition) is 3. The zero-order valence-corrected chi connectivity index (χ0v) is 11.9. The number of nitrogens with two attached hydrogens (primary N) is 1. The van der Waals surface area contributed by atoms with Gasteiger partial charge in [0, 0.05) is 17.3 Å². The molecular weight excluding hydrogens is 266 g/mol. The van der Waals surface area contributed by atoms with E-state index in [-0.39, 0.29) is 0 Å². The molecule has 0 bridgehead atoms. The van der Waals surface area contributed by atoms with E-state index >= 15 is 0 Å². The molecule has 1 heterocycles. The maximum absolute atomic E-state index is 10.8. The molecule has 2 amide bonds. The zero-order chi connectivity index (χ0) is 14.8. The summed E-state index contributed by atoms with van der Waals surface area (Å²) in [6.45, 7) is 2.85. The second-order valence-electron chi connectivity index (χ2n) is 5.55. The molecule has 1 fully saturated rings. The SMILES string of the molecule is CC1CC1c1ccc(CNc2cccc(NC(N)=O)c2)o1. The van der Waals surface area contributed by atoms with Gasteiger partial charge in [0.1, 0.15) is 11.5 Å². The van der Waals surface area contributed by atoms with Gasteiger partial charge in [-0.25, -0.2) is 4.79 Å². The van der Waals surface area contributed by atoms with Crippen molar-refractivity contribution in [1.82, 2.24) is 0 Å². The molecule has 110 valence electrons. The first-order chi connectivity index (χ1) is 10.1. The maximum Gasteiger partial charge on any atom is 0.316 e. The van der Waals surface area contributed by atoms with E-state index in [2.05, 4.69) is 23.6 Å². The van der Waals surface area contributed by atoms with Crippen LogP contribution in [0.5, 0.6) is 0 Å². The number of hydrogen-bond acceptors (Lipinski definition) is 3. The molecule has 21 heavy (non-hydrogen) atoms. The molecule has 3 rings (SSSR count). The van der Waals surface area contributed by atoms with Crippen LogP contribution in [0.25, 0.3) is 0 Å². The molecule has 1 aliphatic rings. The van der Waals surface area contributed by atoms with Crippen LogP contribution in [0.15, 0.2) is 40.8 Å². The molecule has 1 aromatic heterocycles. The zero-order valence-electron chi connectivity index (χ0n) is 11.9. The third-order valence-corrected chi connectivity index (χ3v) is 3.75. The lowest BCUT2D eigenvalue weighted by Crippen LogP contribution is -2.19. The largest absolute Gasteiger partial charge is 0.464 e. The molecule has 0 aliphatic heterocycles. The van der Waals surface area contributed by atoms with Crippen LogP contribution in [0.3, 0.4) is 0 Å². The van der Waals surface area contributed by atoms with Crippen LogP contribution in [0, 0.1) is 5.92 Å². The van der Waals surface area contributed by atoms with Gasteiger partial charge in [-0.3, -0.25) is 0 Å². The van der Waals surface area contributed by atoms with Crippen molar-refractivity contribution in [2.45, 2.75) is 25.8 Å². The Bertz CT molecular complexity index is 650. The number of amides is 2. The van der Waals surface area contributed by atoms with Crippen molar-refractivity contribution in [1.29, 1.82) is 0 Å². The van der Waals surface area contributed by atoms with Gasteiger partial charge in [0.15, 0.2) is 0 Å². The van der Waals surface area contributed by atoms with E-state index in [0.29, 0.717) is 18.2 Å². The molecule has 2 atom stereocenters. The summed E-state index contributed by atoms with van der Waals surface area (Å²) in [4.78, 5) is 10.8. The van der Waals surface area contributed by atoms with Crippen LogP contribution in [0.2, 0.25) is 0 Å². The average molecular weight is 285 g/mol. The molecule has 2 aromatic rings. The molecule has 0 radical (unpaired) electrons. The fraction of sp³-hybridized carbons (Fsp3) is 0.312. The molecule has 5 nitrogen and oxygen atoms in total. The van der Waals surface area contributed by atoms with Crippen LogP contribution >= 0.6 is 0 Å². The van der Waals surface area contributed by atoms with E-state index < -0.39 is 6.03 Å². The van der Waals surface area contributed by atoms with Crippen molar-refractivity contribution in [3.63, 3.8) is 0 Å². The Morgan fingerprint density at radius 1 is 1.33 bits per heavy atom. The van der Waals surface area contributed by atoms with E-state index in [1.807, 2.05) is 24.3 Å². The minimum Gasteiger partial charge on any atom is -0.464 e. The highest BCUT2D eigenvalue weighted by Gasteiger charge is 2.36. The highest BCUT2D eigenvalue weighted by molar-refractivity contribution is 5.88. The van der Waals surface area contributed by atoms with Crippen LogP contribution < -0.4 is 16.4 Å². The number of nitrogens with one attached hydrogen (secondary N) is 2. The number of urea groups is 1. The van der Waals surface area contributed by atoms with Crippen molar-refractivity contribution in [3.05, 3.63) is 47.9 Å². The summed E-state index contributed by atoms with van der Waals surface area (Å²) in [5, 5.41) is 5.82. The third-order valence-electron chi connectivity index (χ3n) is 3.75. The highest BCUT2D eigenvalue weighted by atomic mass is 16.3. The Morgan fingerprint density at radius 3 is 2.81 bits per heavy atom. The Hall–Kier alpha value is -2.43. The molecular formula is C16H19N3O2. The lowest BCUT2D eigenvalue weighted by molar-refractivity contribution is 0.259. The van der Waals surface area contributed by atoms with Crippen LogP contribution in [-0.4, -0.2) is 6.03 Å². The van der Waals surface area contributed by atoms with Gasteiger partial charge in [-0.1, -0.05) is 13.0 Å². The smallest absolute Gasteiger partial charge is 0.316 e. The molecule has 2 unspecified atom stereocenters. The number of anilines is 2. The predicted octanol–water partition coefficient (Wildman–Crippen LogP) is 3.51. The summed E-state index contributed by atoms with van der Waals surface area (Å²) in [5.41, 5.74) is 6.67. The summed E-state index contributed by atoms with van der Waals surface area (Å²) in [7, 11) is 0. The summed E-state index contributed by atoms with van der Waals surface area (Å²) in [6, 6.07) is 10.9. The minimum absolute atomic E-state index is 0.568. The number of carbonyl (C=O) groups excluding carboxylic acids is 1. The Labute approximate surface area is 123 Å². The average Bonchev–Trinajstić information content (AvgIpc) is 2.99. The molecule has 1 aromatic carbocycles. The first-order valence-electron chi connectivity index (χ1n) is 7.11. The Morgan fingerprint density at radius 2 is 2.10 bits per heavy atom. The normalized spacial score (nSPS) is 20.0. The number of rotatable bonds is 5. The summed E-state index contributed by atoms with van der Waals surface area (Å²) in [5.74, 6) is 3.34. The van der Waals surface area contributed by atoms with Gasteiger partial charge in [-0.05, 0) is 42.7 Å². The molecule has 5 heteroatoms. The van der Waals surface area contributed by atoms with E-state index in [9.17, 15) is 4.79 Å². The summed E-state index contributed by atoms with van der Waals surface area (Å²) < 4.78 is 5.84. The van der Waals surface area contributed by atoms with E-state index in [1.54, 1.807) is 6.07 Å². The van der Waals surface area contributed by atoms with Gasteiger partial charge < -0.3 is 20.8 Å². The molecule has 1 aliphatic carbocycles. The summed E-state index contributed by atoms with van der Waals surface area (Å²) >= 11 is 0. The van der Waals surface area contributed by atoms with Gasteiger partial charge in [0.05, 0.1) is 6.54 Å². The number of primary amides is 1. The van der Waals surface area contributed by atoms with Gasteiger partial charge >= 0.3 is 6.03 Å². The van der Waals surface area contributed by atoms with Crippen molar-refractivity contribution >= 4 is 17.4 Å². The number of benzene rings is 1. The number of carbonyl (C=O) groups is 1. The molecule has 0 spiro atoms. The standard InChI is InChI=1S/C16H19N3O2/c1-10-7-14(10)15-6-5-13(21-15)9-18-11-3-2-4-12(8-11)19-16(17)20/h2-6,8,10,14,18H,7,9H2,1H3,(H3,17,19,20). The number of furan rings is 1. The van der Waals surface area contributed by atoms with Crippen molar-refractivity contribution in [2.24, 2.45) is 11.7 Å². The maximum atomic E-state index is 10.8. The van der Waals surface area contributed by atoms with Gasteiger partial charge in [-0.2, -0.15) is 0 Å². The summed E-state index contributed by atoms with van der Waals surface area (Å²) in [6.07, 6.45) is 1.22. The van der Waals surface area contributed by atoms with Crippen molar-refractivity contribution in [2.75, 3.05) is 10.6 Å². The Balaban J connectivity index is 1.59. The van der Waals surface area contributed by atoms with Crippen molar-refractivity contribution in [3.8, 4) is 0 Å². The second kappa shape index (κ2) is 5.52. The van der Waals surface area contributed by atoms with E-state index in [1.165, 1.54) is 6.42 Å². The lowest BCUT2D eigenvalue weighted by atomic mass is 10.2. The monoisotopic (exact) mass is 285 g/mol. The Kier molecular flexibility index (Phi) is 3.56. The lowest BCUT2D eigenvalue weighted by Gasteiger charge is -2.07. The van der Waals surface area contributed by atoms with Crippen molar-refractivity contribution < 1.29 is 9.21 Å². The van der Waals surface area contributed by atoms with Gasteiger partial charge in [0.2, 0.25) is 0 Å². The molecule has 0 saturated heterocycles. The second-order valence-corrected chi connectivity index (χ2v) is 5.55. The van der Waals surface area contributed by atoms with Gasteiger partial charge in [-0.15, -0.1) is 0 Å². The highest BCUT2D eigenvalue weighted by Crippen LogP contribution is 2.47. The van der Waals surface area contributed by atoms with Gasteiger partial charge in [0.25, 0.3) is 0 Å². The van der Waals surface area contributed by atoms with Crippen LogP contribution in [0.4, 0.5) is 16.2 Å². The topological polar surface area (TPSA) is 80.3 Å². The van der Waals surface area contributed by atoms with E-state index in [0.717, 1.165) is 23.1 Å². The molecule has 1 saturated carbocycles. The minimum atomic E-state index is -0.568. The molecule has 4 N–H and O–H groups in total. The van der Waals surface area contributed by atoms with Crippen LogP contribution in [-0.2, 0) is 6.54 Å². The first-order valence-corrected chi connectivity index (χ1v) is 7.11. The first kappa shape index (κ1) is 13.5. The third kappa shape index (κ3) is 3.37. The fourth-order valence-corrected chi connectivity index (χ4v) is 2.45. The van der Waals surface area contributed by atoms with Crippen LogP contribution in [0.1, 0.15) is 30.8 Å². The fourth-order valence-electron chi connectivity index (χ4n) is 2.45. The predicted molar refractivity (Wildman–Crippen MR) is 82.2 cm³/mol. The van der Waals surface area contributed by atoms with E-state index in [4.69, 9.17) is 10.2 Å². The quantitative estimate of drug-likeness (QED) is 0.786.